The minimum absolute atomic E-state index is 0.0654. The van der Waals surface area contributed by atoms with Crippen LogP contribution in [-0.4, -0.2) is 42.7 Å². The van der Waals surface area contributed by atoms with Gasteiger partial charge in [0.25, 0.3) is 5.91 Å². The molecule has 0 spiro atoms. The molecule has 3 N–H and O–H groups in total. The Bertz CT molecular complexity index is 448. The van der Waals surface area contributed by atoms with Crippen molar-refractivity contribution in [3.8, 4) is 5.75 Å². The fourth-order valence-corrected chi connectivity index (χ4v) is 1.70. The predicted octanol–water partition coefficient (Wildman–Crippen LogP) is 0.315. The second-order valence-electron chi connectivity index (χ2n) is 4.91. The Morgan fingerprint density at radius 1 is 1.24 bits per heavy atom. The average molecular weight is 294 g/mol. The summed E-state index contributed by atoms with van der Waals surface area (Å²) in [4.78, 5) is 23.7. The first kappa shape index (κ1) is 17.0. The molecule has 1 atom stereocenters. The van der Waals surface area contributed by atoms with Crippen LogP contribution in [0.25, 0.3) is 0 Å². The molecule has 0 fully saturated rings. The smallest absolute Gasteiger partial charge is 0.258 e. The van der Waals surface area contributed by atoms with Crippen molar-refractivity contribution in [3.05, 3.63) is 30.3 Å². The zero-order valence-corrected chi connectivity index (χ0v) is 12.3. The number of para-hydroxylation sites is 1. The fourth-order valence-electron chi connectivity index (χ4n) is 1.70. The van der Waals surface area contributed by atoms with Crippen LogP contribution in [0.3, 0.4) is 0 Å². The lowest BCUT2D eigenvalue weighted by atomic mass is 10.0. The van der Waals surface area contributed by atoms with Gasteiger partial charge in [0.05, 0.1) is 6.61 Å². The third kappa shape index (κ3) is 6.27. The first-order chi connectivity index (χ1) is 10.0. The van der Waals surface area contributed by atoms with Crippen LogP contribution in [0.2, 0.25) is 0 Å². The van der Waals surface area contributed by atoms with Crippen molar-refractivity contribution in [1.29, 1.82) is 0 Å². The van der Waals surface area contributed by atoms with Gasteiger partial charge >= 0.3 is 0 Å². The molecule has 1 rings (SSSR count). The van der Waals surface area contributed by atoms with Gasteiger partial charge in [-0.25, -0.2) is 0 Å². The number of amides is 2. The fraction of sp³-hybridized carbons (Fsp3) is 0.467. The van der Waals surface area contributed by atoms with E-state index in [4.69, 9.17) is 9.84 Å². The van der Waals surface area contributed by atoms with Crippen LogP contribution in [-0.2, 0) is 9.59 Å². The average Bonchev–Trinajstić information content (AvgIpc) is 2.49. The van der Waals surface area contributed by atoms with E-state index in [0.717, 1.165) is 0 Å². The zero-order chi connectivity index (χ0) is 15.7. The molecule has 0 aromatic heterocycles. The second kappa shape index (κ2) is 8.97. The third-order valence-corrected chi connectivity index (χ3v) is 2.79. The maximum atomic E-state index is 11.9. The van der Waals surface area contributed by atoms with Gasteiger partial charge in [0.2, 0.25) is 5.91 Å². The number of hydrogen-bond donors (Lipinski definition) is 3. The molecule has 0 aliphatic heterocycles. The van der Waals surface area contributed by atoms with Crippen molar-refractivity contribution in [3.63, 3.8) is 0 Å². The van der Waals surface area contributed by atoms with Gasteiger partial charge in [-0.1, -0.05) is 32.0 Å². The Hall–Kier alpha value is -2.08. The normalized spacial score (nSPS) is 11.8. The van der Waals surface area contributed by atoms with E-state index in [-0.39, 0.29) is 37.5 Å². The van der Waals surface area contributed by atoms with Gasteiger partial charge in [-0.3, -0.25) is 9.59 Å². The molecule has 2 amide bonds. The topological polar surface area (TPSA) is 87.7 Å². The number of ether oxygens (including phenoxy) is 1. The maximum absolute atomic E-state index is 11.9. The van der Waals surface area contributed by atoms with Crippen molar-refractivity contribution >= 4 is 11.8 Å². The monoisotopic (exact) mass is 294 g/mol. The van der Waals surface area contributed by atoms with Crippen LogP contribution >= 0.6 is 0 Å². The highest BCUT2D eigenvalue weighted by Gasteiger charge is 2.23. The Balaban J connectivity index is 2.47. The van der Waals surface area contributed by atoms with E-state index in [9.17, 15) is 9.59 Å². The Morgan fingerprint density at radius 3 is 2.48 bits per heavy atom. The summed E-state index contributed by atoms with van der Waals surface area (Å²) in [6, 6.07) is 8.33. The molecule has 0 bridgehead atoms. The predicted molar refractivity (Wildman–Crippen MR) is 78.8 cm³/mol. The first-order valence-corrected chi connectivity index (χ1v) is 6.90. The minimum atomic E-state index is -0.650. The van der Waals surface area contributed by atoms with Gasteiger partial charge in [-0.2, -0.15) is 0 Å². The number of nitrogens with one attached hydrogen (secondary N) is 2. The summed E-state index contributed by atoms with van der Waals surface area (Å²) in [7, 11) is 0. The van der Waals surface area contributed by atoms with Gasteiger partial charge in [0.1, 0.15) is 11.8 Å². The van der Waals surface area contributed by atoms with Crippen LogP contribution in [0, 0.1) is 5.92 Å². The van der Waals surface area contributed by atoms with Gasteiger partial charge < -0.3 is 20.5 Å². The number of rotatable bonds is 8. The summed E-state index contributed by atoms with van der Waals surface area (Å²) in [5, 5.41) is 13.9. The summed E-state index contributed by atoms with van der Waals surface area (Å²) < 4.78 is 5.33. The quantitative estimate of drug-likeness (QED) is 0.644. The molecule has 116 valence electrons. The molecule has 1 aromatic carbocycles. The highest BCUT2D eigenvalue weighted by Crippen LogP contribution is 2.08. The third-order valence-electron chi connectivity index (χ3n) is 2.79. The molecule has 21 heavy (non-hydrogen) atoms. The zero-order valence-electron chi connectivity index (χ0n) is 12.3. The number of benzene rings is 1. The lowest BCUT2D eigenvalue weighted by Crippen LogP contribution is -2.51. The van der Waals surface area contributed by atoms with E-state index in [1.54, 1.807) is 12.1 Å². The minimum Gasteiger partial charge on any atom is -0.484 e. The maximum Gasteiger partial charge on any atom is 0.258 e. The van der Waals surface area contributed by atoms with Crippen LogP contribution < -0.4 is 15.4 Å². The van der Waals surface area contributed by atoms with Crippen molar-refractivity contribution in [1.82, 2.24) is 10.6 Å². The molecule has 1 unspecified atom stereocenters. The summed E-state index contributed by atoms with van der Waals surface area (Å²) in [5.74, 6) is -0.147. The van der Waals surface area contributed by atoms with E-state index in [1.807, 2.05) is 32.0 Å². The van der Waals surface area contributed by atoms with E-state index in [2.05, 4.69) is 10.6 Å². The van der Waals surface area contributed by atoms with E-state index in [1.165, 1.54) is 0 Å². The van der Waals surface area contributed by atoms with Crippen LogP contribution in [0.4, 0.5) is 0 Å². The summed E-state index contributed by atoms with van der Waals surface area (Å²) >= 11 is 0. The van der Waals surface area contributed by atoms with Crippen molar-refractivity contribution in [2.45, 2.75) is 19.9 Å². The van der Waals surface area contributed by atoms with Crippen LogP contribution in [0.5, 0.6) is 5.75 Å². The van der Waals surface area contributed by atoms with Gasteiger partial charge in [-0.15, -0.1) is 0 Å². The molecule has 6 heteroatoms. The van der Waals surface area contributed by atoms with Gasteiger partial charge in [-0.05, 0) is 18.1 Å². The molecule has 0 saturated heterocycles. The van der Waals surface area contributed by atoms with E-state index >= 15 is 0 Å². The number of aliphatic hydroxyl groups is 1. The van der Waals surface area contributed by atoms with Crippen LogP contribution in [0.15, 0.2) is 30.3 Å². The number of aliphatic hydroxyl groups excluding tert-OH is 1. The van der Waals surface area contributed by atoms with Crippen molar-refractivity contribution < 1.29 is 19.4 Å². The number of carbonyl (C=O) groups excluding carboxylic acids is 2. The number of carbonyl (C=O) groups is 2. The molecule has 0 heterocycles. The Morgan fingerprint density at radius 2 is 1.90 bits per heavy atom. The first-order valence-electron chi connectivity index (χ1n) is 6.90. The van der Waals surface area contributed by atoms with Crippen molar-refractivity contribution in [2.75, 3.05) is 19.8 Å². The second-order valence-corrected chi connectivity index (χ2v) is 4.91. The molecule has 0 aliphatic rings. The molecule has 0 aliphatic carbocycles. The Kier molecular flexibility index (Phi) is 7.25. The highest BCUT2D eigenvalue weighted by molar-refractivity contribution is 5.88. The SMILES string of the molecule is CC(C)C(NC(=O)COc1ccccc1)C(=O)NCCO. The summed E-state index contributed by atoms with van der Waals surface area (Å²) in [6.45, 7) is 3.55. The van der Waals surface area contributed by atoms with Crippen LogP contribution in [0.1, 0.15) is 13.8 Å². The van der Waals surface area contributed by atoms with Gasteiger partial charge in [0, 0.05) is 6.54 Å². The molecular weight excluding hydrogens is 272 g/mol. The largest absolute Gasteiger partial charge is 0.484 e. The molecule has 0 saturated carbocycles. The number of hydrogen-bond acceptors (Lipinski definition) is 4. The highest BCUT2D eigenvalue weighted by atomic mass is 16.5. The Labute approximate surface area is 124 Å². The van der Waals surface area contributed by atoms with E-state index < -0.39 is 6.04 Å². The lowest BCUT2D eigenvalue weighted by molar-refractivity contribution is -0.131. The van der Waals surface area contributed by atoms with Gasteiger partial charge in [0.15, 0.2) is 6.61 Å². The molecule has 6 nitrogen and oxygen atoms in total. The lowest BCUT2D eigenvalue weighted by Gasteiger charge is -2.21. The molecule has 0 radical (unpaired) electrons. The molecular formula is C15H22N2O4. The standard InChI is InChI=1S/C15H22N2O4/c1-11(2)14(15(20)16-8-9-18)17-13(19)10-21-12-6-4-3-5-7-12/h3-7,11,14,18H,8-10H2,1-2H3,(H,16,20)(H,17,19). The summed E-state index contributed by atoms with van der Waals surface area (Å²) in [5.41, 5.74) is 0. The molecule has 1 aromatic rings. The summed E-state index contributed by atoms with van der Waals surface area (Å²) in [6.07, 6.45) is 0. The van der Waals surface area contributed by atoms with E-state index in [0.29, 0.717) is 5.75 Å². The van der Waals surface area contributed by atoms with Crippen molar-refractivity contribution in [2.24, 2.45) is 5.92 Å².